The monoisotopic (exact) mass is 252 g/mol. The van der Waals surface area contributed by atoms with E-state index in [0.717, 1.165) is 5.92 Å². The van der Waals surface area contributed by atoms with Crippen molar-refractivity contribution in [1.82, 2.24) is 10.2 Å². The van der Waals surface area contributed by atoms with E-state index in [1.54, 1.807) is 0 Å². The topological polar surface area (TPSA) is 15.3 Å². The molecule has 1 saturated carbocycles. The van der Waals surface area contributed by atoms with Gasteiger partial charge < -0.3 is 5.32 Å². The zero-order valence-corrected chi connectivity index (χ0v) is 12.9. The molecule has 0 aromatic rings. The van der Waals surface area contributed by atoms with Crippen molar-refractivity contribution in [3.63, 3.8) is 0 Å². The first-order valence-corrected chi connectivity index (χ1v) is 8.10. The second-order valence-electron chi connectivity index (χ2n) is 6.75. The van der Waals surface area contributed by atoms with Crippen molar-refractivity contribution in [3.05, 3.63) is 0 Å². The standard InChI is InChI=1S/C16H32N2/c1-5-8-11-18-13-16(6-2,7-3)17-12-15(18,4)14-9-10-14/h14,17H,5-13H2,1-4H3. The largest absolute Gasteiger partial charge is 0.308 e. The van der Waals surface area contributed by atoms with Gasteiger partial charge in [-0.15, -0.1) is 0 Å². The van der Waals surface area contributed by atoms with Gasteiger partial charge in [-0.3, -0.25) is 4.90 Å². The van der Waals surface area contributed by atoms with Crippen LogP contribution in [0.25, 0.3) is 0 Å². The first-order valence-electron chi connectivity index (χ1n) is 8.10. The predicted octanol–water partition coefficient (Wildman–Crippen LogP) is 3.42. The summed E-state index contributed by atoms with van der Waals surface area (Å²) in [5.41, 5.74) is 0.811. The van der Waals surface area contributed by atoms with Crippen LogP contribution < -0.4 is 5.32 Å². The van der Waals surface area contributed by atoms with Crippen LogP contribution in [0, 0.1) is 5.92 Å². The summed E-state index contributed by atoms with van der Waals surface area (Å²) in [4.78, 5) is 2.83. The second-order valence-corrected chi connectivity index (χ2v) is 6.75. The predicted molar refractivity (Wildman–Crippen MR) is 78.9 cm³/mol. The molecule has 0 radical (unpaired) electrons. The zero-order chi connectivity index (χ0) is 13.2. The summed E-state index contributed by atoms with van der Waals surface area (Å²) < 4.78 is 0. The Morgan fingerprint density at radius 3 is 2.33 bits per heavy atom. The van der Waals surface area contributed by atoms with Crippen LogP contribution in [0.1, 0.15) is 66.2 Å². The molecule has 2 heteroatoms. The first kappa shape index (κ1) is 14.3. The smallest absolute Gasteiger partial charge is 0.0334 e. The molecule has 0 aromatic heterocycles. The van der Waals surface area contributed by atoms with E-state index in [2.05, 4.69) is 37.9 Å². The molecule has 2 rings (SSSR count). The summed E-state index contributed by atoms with van der Waals surface area (Å²) in [5, 5.41) is 3.91. The molecule has 106 valence electrons. The number of hydrogen-bond acceptors (Lipinski definition) is 2. The highest BCUT2D eigenvalue weighted by molar-refractivity contribution is 5.08. The summed E-state index contributed by atoms with van der Waals surface area (Å²) in [5.74, 6) is 0.952. The third-order valence-electron chi connectivity index (χ3n) is 5.63. The Hall–Kier alpha value is -0.0800. The van der Waals surface area contributed by atoms with Crippen LogP contribution in [-0.4, -0.2) is 35.6 Å². The molecule has 18 heavy (non-hydrogen) atoms. The van der Waals surface area contributed by atoms with Crippen LogP contribution in [-0.2, 0) is 0 Å². The molecule has 2 aliphatic rings. The number of hydrogen-bond donors (Lipinski definition) is 1. The Kier molecular flexibility index (Phi) is 4.38. The van der Waals surface area contributed by atoms with Gasteiger partial charge in [0, 0.05) is 24.2 Å². The molecule has 1 saturated heterocycles. The van der Waals surface area contributed by atoms with Gasteiger partial charge in [-0.05, 0) is 51.5 Å². The van der Waals surface area contributed by atoms with Gasteiger partial charge in [0.2, 0.25) is 0 Å². The lowest BCUT2D eigenvalue weighted by Gasteiger charge is -2.54. The Morgan fingerprint density at radius 1 is 1.17 bits per heavy atom. The Bertz CT molecular complexity index is 268. The van der Waals surface area contributed by atoms with Gasteiger partial charge in [0.25, 0.3) is 0 Å². The summed E-state index contributed by atoms with van der Waals surface area (Å²) in [6.45, 7) is 13.2. The highest BCUT2D eigenvalue weighted by Crippen LogP contribution is 2.45. The summed E-state index contributed by atoms with van der Waals surface area (Å²) in [6, 6.07) is 0. The third-order valence-corrected chi connectivity index (χ3v) is 5.63. The maximum atomic E-state index is 3.91. The zero-order valence-electron chi connectivity index (χ0n) is 12.9. The Balaban J connectivity index is 2.09. The van der Waals surface area contributed by atoms with Gasteiger partial charge in [-0.1, -0.05) is 27.2 Å². The van der Waals surface area contributed by atoms with Gasteiger partial charge in [-0.25, -0.2) is 0 Å². The van der Waals surface area contributed by atoms with Crippen molar-refractivity contribution >= 4 is 0 Å². The SMILES string of the molecule is CCCCN1CC(CC)(CC)NCC1(C)C1CC1. The molecule has 1 heterocycles. The van der Waals surface area contributed by atoms with Crippen molar-refractivity contribution in [2.75, 3.05) is 19.6 Å². The molecule has 0 spiro atoms. The van der Waals surface area contributed by atoms with Crippen LogP contribution in [0.2, 0.25) is 0 Å². The van der Waals surface area contributed by atoms with Gasteiger partial charge in [-0.2, -0.15) is 0 Å². The summed E-state index contributed by atoms with van der Waals surface area (Å²) >= 11 is 0. The first-order chi connectivity index (χ1) is 8.60. The molecule has 2 nitrogen and oxygen atoms in total. The minimum atomic E-state index is 0.377. The van der Waals surface area contributed by atoms with E-state index in [4.69, 9.17) is 0 Å². The molecule has 2 fully saturated rings. The Labute approximate surface area is 114 Å². The molecule has 0 bridgehead atoms. The maximum absolute atomic E-state index is 3.91. The molecule has 1 N–H and O–H groups in total. The van der Waals surface area contributed by atoms with E-state index in [0.29, 0.717) is 11.1 Å². The molecule has 1 unspecified atom stereocenters. The van der Waals surface area contributed by atoms with E-state index < -0.39 is 0 Å². The minimum Gasteiger partial charge on any atom is -0.308 e. The van der Waals surface area contributed by atoms with Gasteiger partial charge in [0.1, 0.15) is 0 Å². The molecule has 1 aliphatic heterocycles. The Morgan fingerprint density at radius 2 is 1.83 bits per heavy atom. The van der Waals surface area contributed by atoms with Crippen LogP contribution >= 0.6 is 0 Å². The lowest BCUT2D eigenvalue weighted by Crippen LogP contribution is -2.69. The number of nitrogens with one attached hydrogen (secondary N) is 1. The molecule has 1 aliphatic carbocycles. The number of unbranched alkanes of at least 4 members (excludes halogenated alkanes) is 1. The van der Waals surface area contributed by atoms with E-state index in [-0.39, 0.29) is 0 Å². The fraction of sp³-hybridized carbons (Fsp3) is 1.00. The molecule has 0 amide bonds. The second kappa shape index (κ2) is 5.50. The van der Waals surface area contributed by atoms with Crippen molar-refractivity contribution < 1.29 is 0 Å². The van der Waals surface area contributed by atoms with E-state index in [1.807, 2.05) is 0 Å². The van der Waals surface area contributed by atoms with E-state index in [9.17, 15) is 0 Å². The highest BCUT2D eigenvalue weighted by atomic mass is 15.3. The van der Waals surface area contributed by atoms with Gasteiger partial charge in [0.05, 0.1) is 0 Å². The molecule has 0 aromatic carbocycles. The van der Waals surface area contributed by atoms with E-state index in [1.165, 1.54) is 58.2 Å². The van der Waals surface area contributed by atoms with E-state index >= 15 is 0 Å². The van der Waals surface area contributed by atoms with Crippen LogP contribution in [0.5, 0.6) is 0 Å². The average Bonchev–Trinajstić information content (AvgIpc) is 3.23. The lowest BCUT2D eigenvalue weighted by atomic mass is 9.81. The molecular weight excluding hydrogens is 220 g/mol. The minimum absolute atomic E-state index is 0.377. The number of nitrogens with zero attached hydrogens (tertiary/aromatic N) is 1. The fourth-order valence-electron chi connectivity index (χ4n) is 3.59. The number of piperazine rings is 1. The molecule has 1 atom stereocenters. The summed E-state index contributed by atoms with van der Waals surface area (Å²) in [7, 11) is 0. The maximum Gasteiger partial charge on any atom is 0.0334 e. The molecular formula is C16H32N2. The van der Waals surface area contributed by atoms with Crippen LogP contribution in [0.3, 0.4) is 0 Å². The van der Waals surface area contributed by atoms with Crippen LogP contribution in [0.15, 0.2) is 0 Å². The lowest BCUT2D eigenvalue weighted by molar-refractivity contribution is -0.00291. The fourth-order valence-corrected chi connectivity index (χ4v) is 3.59. The van der Waals surface area contributed by atoms with Crippen molar-refractivity contribution in [3.8, 4) is 0 Å². The van der Waals surface area contributed by atoms with Gasteiger partial charge >= 0.3 is 0 Å². The van der Waals surface area contributed by atoms with Gasteiger partial charge in [0.15, 0.2) is 0 Å². The van der Waals surface area contributed by atoms with Crippen molar-refractivity contribution in [2.45, 2.75) is 77.3 Å². The average molecular weight is 252 g/mol. The van der Waals surface area contributed by atoms with Crippen LogP contribution in [0.4, 0.5) is 0 Å². The third kappa shape index (κ3) is 2.60. The highest BCUT2D eigenvalue weighted by Gasteiger charge is 2.50. The quantitative estimate of drug-likeness (QED) is 0.779. The summed E-state index contributed by atoms with van der Waals surface area (Å²) in [6.07, 6.45) is 8.08. The number of rotatable bonds is 6. The normalized spacial score (nSPS) is 32.7. The van der Waals surface area contributed by atoms with Crippen molar-refractivity contribution in [2.24, 2.45) is 5.92 Å². The van der Waals surface area contributed by atoms with Crippen molar-refractivity contribution in [1.29, 1.82) is 0 Å².